The van der Waals surface area contributed by atoms with Gasteiger partial charge < -0.3 is 30.3 Å². The van der Waals surface area contributed by atoms with Gasteiger partial charge in [0.1, 0.15) is 35.9 Å². The molecule has 136 valence electrons. The van der Waals surface area contributed by atoms with Gasteiger partial charge in [0.05, 0.1) is 19.8 Å². The third-order valence-corrected chi connectivity index (χ3v) is 7.43. The molecule has 0 aromatic heterocycles. The third kappa shape index (κ3) is 5.15. The van der Waals surface area contributed by atoms with Gasteiger partial charge in [-0.25, -0.2) is 0 Å². The molecule has 1 aromatic rings. The van der Waals surface area contributed by atoms with E-state index in [0.29, 0.717) is 5.75 Å². The Morgan fingerprint density at radius 1 is 1.29 bits per heavy atom. The molecule has 0 bridgehead atoms. The highest BCUT2D eigenvalue weighted by atomic mass is 79.9. The van der Waals surface area contributed by atoms with E-state index in [-0.39, 0.29) is 25.6 Å². The fraction of sp³-hybridized carbons (Fsp3) is 0.625. The molecule has 24 heavy (non-hydrogen) atoms. The predicted octanol–water partition coefficient (Wildman–Crippen LogP) is -0.598. The molecule has 0 spiro atoms. The minimum Gasteiger partial charge on any atom is -0.394 e. The Bertz CT molecular complexity index is 519. The van der Waals surface area contributed by atoms with Crippen molar-refractivity contribution in [2.75, 3.05) is 24.7 Å². The molecule has 0 radical (unpaired) electrons. The van der Waals surface area contributed by atoms with Crippen molar-refractivity contribution in [2.24, 2.45) is 0 Å². The fourth-order valence-electron chi connectivity index (χ4n) is 2.73. The zero-order chi connectivity index (χ0) is 17.7. The van der Waals surface area contributed by atoms with Gasteiger partial charge in [-0.1, -0.05) is 28.1 Å². The topological polar surface area (TPSA) is 110 Å². The molecule has 6 atom stereocenters. The quantitative estimate of drug-likeness (QED) is 0.357. The van der Waals surface area contributed by atoms with Crippen LogP contribution in [0.5, 0.6) is 0 Å². The molecule has 1 aliphatic rings. The number of aliphatic hydroxyl groups is 5. The largest absolute Gasteiger partial charge is 0.394 e. The van der Waals surface area contributed by atoms with E-state index in [1.807, 2.05) is 24.3 Å². The van der Waals surface area contributed by atoms with Crippen LogP contribution < -0.4 is 0 Å². The summed E-state index contributed by atoms with van der Waals surface area (Å²) in [5, 5.41) is 48.4. The first kappa shape index (κ1) is 20.1. The molecule has 0 amide bonds. The molecule has 1 fully saturated rings. The fourth-order valence-corrected chi connectivity index (χ4v) is 5.89. The first-order chi connectivity index (χ1) is 11.5. The average Bonchev–Trinajstić information content (AvgIpc) is 2.81. The van der Waals surface area contributed by atoms with E-state index in [9.17, 15) is 25.5 Å². The normalized spacial score (nSPS) is 29.6. The Morgan fingerprint density at radius 3 is 2.67 bits per heavy atom. The van der Waals surface area contributed by atoms with E-state index in [1.54, 1.807) is 0 Å². The van der Waals surface area contributed by atoms with Crippen LogP contribution in [0.3, 0.4) is 0 Å². The van der Waals surface area contributed by atoms with Gasteiger partial charge >= 0.3 is 0 Å². The van der Waals surface area contributed by atoms with Gasteiger partial charge in [0.15, 0.2) is 5.25 Å². The highest BCUT2D eigenvalue weighted by Crippen LogP contribution is 2.25. The Morgan fingerprint density at radius 2 is 2.04 bits per heavy atom. The smallest absolute Gasteiger partial charge is 0.169 e. The molecule has 2 rings (SSSR count). The van der Waals surface area contributed by atoms with E-state index >= 15 is 0 Å². The lowest BCUT2D eigenvalue weighted by molar-refractivity contribution is -0.0623. The van der Waals surface area contributed by atoms with Gasteiger partial charge in [-0.3, -0.25) is 0 Å². The number of hydrogen-bond donors (Lipinski definition) is 5. The van der Waals surface area contributed by atoms with Gasteiger partial charge in [0.25, 0.3) is 0 Å². The molecular formula is C16H24BrO6S+. The highest BCUT2D eigenvalue weighted by Gasteiger charge is 2.50. The number of hydrogen-bond acceptors (Lipinski definition) is 6. The second kappa shape index (κ2) is 9.49. The maximum Gasteiger partial charge on any atom is 0.169 e. The summed E-state index contributed by atoms with van der Waals surface area (Å²) < 4.78 is 6.55. The van der Waals surface area contributed by atoms with Crippen molar-refractivity contribution in [1.82, 2.24) is 0 Å². The second-order valence-corrected chi connectivity index (χ2v) is 9.14. The van der Waals surface area contributed by atoms with Crippen LogP contribution in [0.25, 0.3) is 0 Å². The first-order valence-corrected chi connectivity index (χ1v) is 10.2. The summed E-state index contributed by atoms with van der Waals surface area (Å²) in [6.07, 6.45) is -3.55. The zero-order valence-corrected chi connectivity index (χ0v) is 15.6. The molecule has 5 N–H and O–H groups in total. The van der Waals surface area contributed by atoms with Crippen LogP contribution in [0.1, 0.15) is 5.56 Å². The summed E-state index contributed by atoms with van der Waals surface area (Å²) in [5.41, 5.74) is 0.914. The van der Waals surface area contributed by atoms with Gasteiger partial charge in [-0.05, 0) is 17.7 Å². The minimum atomic E-state index is -0.972. The summed E-state index contributed by atoms with van der Waals surface area (Å²) in [6.45, 7) is -0.317. The number of rotatable bonds is 8. The van der Waals surface area contributed by atoms with Crippen molar-refractivity contribution in [2.45, 2.75) is 36.3 Å². The maximum absolute atomic E-state index is 10.4. The Kier molecular flexibility index (Phi) is 7.96. The van der Waals surface area contributed by atoms with Crippen LogP contribution in [0.15, 0.2) is 28.7 Å². The third-order valence-electron chi connectivity index (χ3n) is 4.12. The average molecular weight is 424 g/mol. The zero-order valence-electron chi connectivity index (χ0n) is 13.2. The molecule has 1 aliphatic heterocycles. The Labute approximate surface area is 152 Å². The van der Waals surface area contributed by atoms with Gasteiger partial charge in [-0.2, -0.15) is 0 Å². The van der Waals surface area contributed by atoms with Crippen molar-refractivity contribution in [3.8, 4) is 0 Å². The maximum atomic E-state index is 10.4. The van der Waals surface area contributed by atoms with Crippen molar-refractivity contribution in [3.05, 3.63) is 34.3 Å². The lowest BCUT2D eigenvalue weighted by Crippen LogP contribution is -2.42. The standard InChI is InChI=1S/C16H24BrO6S/c17-11-3-1-2-10(4-11)7-23-14(5-18)12(20)8-24-9-13(21)16(22)15(24)6-19/h1-4,12-16,18-22H,5-9H2/q+1/t12?,13-,14+,15-,16+,24?/m1/s1. The molecule has 2 unspecified atom stereocenters. The summed E-state index contributed by atoms with van der Waals surface area (Å²) in [5.74, 6) is 0.607. The van der Waals surface area contributed by atoms with Crippen molar-refractivity contribution in [1.29, 1.82) is 0 Å². The van der Waals surface area contributed by atoms with Crippen LogP contribution in [0.2, 0.25) is 0 Å². The van der Waals surface area contributed by atoms with Crippen molar-refractivity contribution >= 4 is 26.8 Å². The number of benzene rings is 1. The monoisotopic (exact) mass is 423 g/mol. The van der Waals surface area contributed by atoms with Crippen LogP contribution in [0.4, 0.5) is 0 Å². The van der Waals surface area contributed by atoms with Crippen LogP contribution in [0, 0.1) is 0 Å². The predicted molar refractivity (Wildman–Crippen MR) is 95.8 cm³/mol. The Balaban J connectivity index is 1.90. The Hall–Kier alpha value is -0.190. The molecule has 0 saturated carbocycles. The van der Waals surface area contributed by atoms with Crippen LogP contribution in [-0.4, -0.2) is 79.9 Å². The van der Waals surface area contributed by atoms with Crippen LogP contribution in [-0.2, 0) is 22.2 Å². The summed E-state index contributed by atoms with van der Waals surface area (Å²) in [6, 6.07) is 7.56. The number of ether oxygens (including phenoxy) is 1. The van der Waals surface area contributed by atoms with Gasteiger partial charge in [0.2, 0.25) is 0 Å². The van der Waals surface area contributed by atoms with E-state index in [4.69, 9.17) is 4.74 Å². The molecule has 0 aliphatic carbocycles. The lowest BCUT2D eigenvalue weighted by Gasteiger charge is -2.22. The summed E-state index contributed by atoms with van der Waals surface area (Å²) in [7, 11) is -0.528. The number of aliphatic hydroxyl groups excluding tert-OH is 5. The van der Waals surface area contributed by atoms with E-state index in [1.165, 1.54) is 0 Å². The van der Waals surface area contributed by atoms with E-state index in [0.717, 1.165) is 10.0 Å². The van der Waals surface area contributed by atoms with Gasteiger partial charge in [-0.15, -0.1) is 0 Å². The molecular weight excluding hydrogens is 400 g/mol. The van der Waals surface area contributed by atoms with Crippen LogP contribution >= 0.6 is 15.9 Å². The molecule has 6 nitrogen and oxygen atoms in total. The molecule has 1 heterocycles. The lowest BCUT2D eigenvalue weighted by atomic mass is 10.2. The molecule has 8 heteroatoms. The number of halogens is 1. The van der Waals surface area contributed by atoms with E-state index < -0.39 is 40.6 Å². The van der Waals surface area contributed by atoms with Gasteiger partial charge in [0, 0.05) is 15.4 Å². The molecule has 1 aromatic carbocycles. The molecule has 1 saturated heterocycles. The van der Waals surface area contributed by atoms with E-state index in [2.05, 4.69) is 15.9 Å². The summed E-state index contributed by atoms with van der Waals surface area (Å²) in [4.78, 5) is 0. The van der Waals surface area contributed by atoms with Crippen molar-refractivity contribution in [3.63, 3.8) is 0 Å². The highest BCUT2D eigenvalue weighted by molar-refractivity contribution is 9.10. The van der Waals surface area contributed by atoms with Crippen molar-refractivity contribution < 1.29 is 30.3 Å². The SMILES string of the molecule is OC[C@H](OCc1cccc(Br)c1)C(O)C[S+]1C[C@@H](O)[C@H](O)[C@H]1CO. The minimum absolute atomic E-state index is 0.239. The second-order valence-electron chi connectivity index (χ2n) is 5.88. The summed E-state index contributed by atoms with van der Waals surface area (Å²) >= 11 is 3.37. The first-order valence-electron chi connectivity index (χ1n) is 7.74.